The van der Waals surface area contributed by atoms with E-state index in [2.05, 4.69) is 10.3 Å². The molecule has 0 aromatic carbocycles. The summed E-state index contributed by atoms with van der Waals surface area (Å²) in [6, 6.07) is 0. The molecule has 9 heteroatoms. The number of aromatic nitrogens is 2. The van der Waals surface area contributed by atoms with Crippen LogP contribution in [0.3, 0.4) is 0 Å². The molecule has 0 saturated heterocycles. The fourth-order valence-corrected chi connectivity index (χ4v) is 6.06. The van der Waals surface area contributed by atoms with Gasteiger partial charge in [0.2, 0.25) is 5.91 Å². The van der Waals surface area contributed by atoms with E-state index in [0.29, 0.717) is 16.0 Å². The Morgan fingerprint density at radius 3 is 2.76 bits per heavy atom. The molecule has 2 amide bonds. The number of hydrogen-bond acceptors (Lipinski definition) is 6. The van der Waals surface area contributed by atoms with Crippen LogP contribution in [0.2, 0.25) is 0 Å². The molecule has 1 aliphatic carbocycles. The molecule has 1 aliphatic rings. The van der Waals surface area contributed by atoms with Gasteiger partial charge in [-0.2, -0.15) is 0 Å². The number of thiophene rings is 2. The predicted octanol–water partition coefficient (Wildman–Crippen LogP) is 3.14. The summed E-state index contributed by atoms with van der Waals surface area (Å²) in [6.07, 6.45) is 5.81. The first kappa shape index (κ1) is 19.8. The van der Waals surface area contributed by atoms with E-state index >= 15 is 0 Å². The normalized spacial score (nSPS) is 13.4. The zero-order chi connectivity index (χ0) is 20.7. The molecule has 152 valence electrons. The monoisotopic (exact) mass is 430 g/mol. The van der Waals surface area contributed by atoms with Gasteiger partial charge in [-0.3, -0.25) is 19.0 Å². The topological polar surface area (TPSA) is 107 Å². The Bertz CT molecular complexity index is 1190. The maximum atomic E-state index is 13.0. The van der Waals surface area contributed by atoms with Crippen molar-refractivity contribution in [2.75, 3.05) is 5.32 Å². The van der Waals surface area contributed by atoms with Gasteiger partial charge in [0.25, 0.3) is 11.5 Å². The maximum Gasteiger partial charge on any atom is 0.262 e. The number of carbonyl (C=O) groups is 2. The molecule has 4 rings (SSSR count). The number of nitrogens with one attached hydrogen (secondary N) is 1. The van der Waals surface area contributed by atoms with Gasteiger partial charge < -0.3 is 11.1 Å². The molecule has 0 radical (unpaired) electrons. The molecule has 3 aromatic rings. The van der Waals surface area contributed by atoms with Crippen molar-refractivity contribution in [2.45, 2.75) is 52.5 Å². The van der Waals surface area contributed by atoms with Crippen molar-refractivity contribution in [2.24, 2.45) is 5.73 Å². The van der Waals surface area contributed by atoms with Gasteiger partial charge in [0.15, 0.2) is 0 Å². The highest BCUT2D eigenvalue weighted by Crippen LogP contribution is 2.34. The molecule has 0 bridgehead atoms. The molecule has 0 fully saturated rings. The van der Waals surface area contributed by atoms with Crippen LogP contribution in [0, 0.1) is 13.8 Å². The molecule has 7 nitrogen and oxygen atoms in total. The van der Waals surface area contributed by atoms with E-state index in [-0.39, 0.29) is 24.4 Å². The van der Waals surface area contributed by atoms with Crippen LogP contribution in [0.1, 0.15) is 50.5 Å². The molecule has 0 aliphatic heterocycles. The highest BCUT2D eigenvalue weighted by atomic mass is 32.1. The molecule has 29 heavy (non-hydrogen) atoms. The lowest BCUT2D eigenvalue weighted by atomic mass is 9.97. The largest absolute Gasteiger partial charge is 0.365 e. The number of primary amides is 1. The van der Waals surface area contributed by atoms with Crippen LogP contribution in [0.25, 0.3) is 10.2 Å². The molecule has 0 atom stereocenters. The third-order valence-corrected chi connectivity index (χ3v) is 7.73. The molecule has 0 saturated carbocycles. The van der Waals surface area contributed by atoms with Gasteiger partial charge >= 0.3 is 0 Å². The number of anilines is 1. The molecule has 0 unspecified atom stereocenters. The number of aryl methyl sites for hydroxylation is 4. The average molecular weight is 431 g/mol. The summed E-state index contributed by atoms with van der Waals surface area (Å²) in [5.74, 6) is -0.830. The number of fused-ring (bicyclic) bond motifs is 3. The fraction of sp³-hybridized carbons (Fsp3) is 0.400. The average Bonchev–Trinajstić information content (AvgIpc) is 3.18. The van der Waals surface area contributed by atoms with Gasteiger partial charge in [0.1, 0.15) is 9.83 Å². The van der Waals surface area contributed by atoms with E-state index < -0.39 is 5.91 Å². The second kappa shape index (κ2) is 7.72. The third-order valence-electron chi connectivity index (χ3n) is 5.41. The standard InChI is InChI=1S/C20H22N4O3S2/c1-10-11(2)28-19(15(10)17(21)26)23-14(25)7-8-24-9-22-18-16(20(24)27)12-5-3-4-6-13(12)29-18/h9H,3-8H2,1-2H3,(H2,21,26)(H,23,25). The Balaban J connectivity index is 1.52. The SMILES string of the molecule is Cc1sc(NC(=O)CCn2cnc3sc4c(c3c2=O)CCCC4)c(C(N)=O)c1C. The van der Waals surface area contributed by atoms with Gasteiger partial charge in [0.05, 0.1) is 17.3 Å². The second-order valence-electron chi connectivity index (χ2n) is 7.28. The minimum Gasteiger partial charge on any atom is -0.365 e. The second-order valence-corrected chi connectivity index (χ2v) is 9.59. The van der Waals surface area contributed by atoms with Crippen molar-refractivity contribution in [3.8, 4) is 0 Å². The summed E-state index contributed by atoms with van der Waals surface area (Å²) in [4.78, 5) is 44.6. The van der Waals surface area contributed by atoms with Crippen LogP contribution in [0.15, 0.2) is 11.1 Å². The summed E-state index contributed by atoms with van der Waals surface area (Å²) >= 11 is 2.94. The van der Waals surface area contributed by atoms with Gasteiger partial charge in [-0.15, -0.1) is 22.7 Å². The Labute approximate surface area is 175 Å². The van der Waals surface area contributed by atoms with E-state index in [4.69, 9.17) is 5.73 Å². The van der Waals surface area contributed by atoms with Crippen LogP contribution in [0.5, 0.6) is 0 Å². The Morgan fingerprint density at radius 2 is 2.00 bits per heavy atom. The summed E-state index contributed by atoms with van der Waals surface area (Å²) in [5.41, 5.74) is 7.65. The lowest BCUT2D eigenvalue weighted by Gasteiger charge is -2.10. The van der Waals surface area contributed by atoms with Crippen LogP contribution < -0.4 is 16.6 Å². The van der Waals surface area contributed by atoms with Crippen LogP contribution in [-0.4, -0.2) is 21.4 Å². The number of hydrogen-bond donors (Lipinski definition) is 2. The van der Waals surface area contributed by atoms with E-state index in [1.54, 1.807) is 11.3 Å². The van der Waals surface area contributed by atoms with Crippen LogP contribution in [0.4, 0.5) is 5.00 Å². The summed E-state index contributed by atoms with van der Waals surface area (Å²) in [6.45, 7) is 3.92. The van der Waals surface area contributed by atoms with Gasteiger partial charge in [-0.1, -0.05) is 0 Å². The van der Waals surface area contributed by atoms with Crippen LogP contribution in [-0.2, 0) is 24.2 Å². The quantitative estimate of drug-likeness (QED) is 0.648. The third kappa shape index (κ3) is 3.60. The summed E-state index contributed by atoms with van der Waals surface area (Å²) in [7, 11) is 0. The first-order valence-electron chi connectivity index (χ1n) is 9.56. The van der Waals surface area contributed by atoms with Gasteiger partial charge in [0, 0.05) is 22.7 Å². The molecule has 3 heterocycles. The lowest BCUT2D eigenvalue weighted by Crippen LogP contribution is -2.24. The maximum absolute atomic E-state index is 13.0. The number of amides is 2. The van der Waals surface area contributed by atoms with Gasteiger partial charge in [-0.25, -0.2) is 4.98 Å². The van der Waals surface area contributed by atoms with Crippen molar-refractivity contribution in [1.82, 2.24) is 9.55 Å². The molecule has 3 N–H and O–H groups in total. The Morgan fingerprint density at radius 1 is 1.24 bits per heavy atom. The predicted molar refractivity (Wildman–Crippen MR) is 116 cm³/mol. The Kier molecular flexibility index (Phi) is 5.26. The van der Waals surface area contributed by atoms with E-state index in [9.17, 15) is 14.4 Å². The van der Waals surface area contributed by atoms with Crippen molar-refractivity contribution >= 4 is 49.7 Å². The number of rotatable bonds is 5. The first-order valence-corrected chi connectivity index (χ1v) is 11.2. The zero-order valence-electron chi connectivity index (χ0n) is 16.3. The highest BCUT2D eigenvalue weighted by molar-refractivity contribution is 7.18. The molecule has 0 spiro atoms. The van der Waals surface area contributed by atoms with Crippen molar-refractivity contribution in [3.05, 3.63) is 43.1 Å². The van der Waals surface area contributed by atoms with Crippen molar-refractivity contribution in [3.63, 3.8) is 0 Å². The zero-order valence-corrected chi connectivity index (χ0v) is 18.0. The minimum atomic E-state index is -0.560. The van der Waals surface area contributed by atoms with Crippen molar-refractivity contribution < 1.29 is 9.59 Å². The molecule has 3 aromatic heterocycles. The fourth-order valence-electron chi connectivity index (χ4n) is 3.76. The smallest absolute Gasteiger partial charge is 0.262 e. The summed E-state index contributed by atoms with van der Waals surface area (Å²) in [5, 5.41) is 3.95. The lowest BCUT2D eigenvalue weighted by molar-refractivity contribution is -0.116. The van der Waals surface area contributed by atoms with E-state index in [0.717, 1.165) is 46.5 Å². The molecular formula is C20H22N4O3S2. The highest BCUT2D eigenvalue weighted by Gasteiger charge is 2.21. The minimum absolute atomic E-state index is 0.0807. The Hall–Kier alpha value is -2.52. The van der Waals surface area contributed by atoms with Crippen LogP contribution >= 0.6 is 22.7 Å². The summed E-state index contributed by atoms with van der Waals surface area (Å²) < 4.78 is 1.50. The van der Waals surface area contributed by atoms with E-state index in [1.807, 2.05) is 13.8 Å². The molecular weight excluding hydrogens is 408 g/mol. The first-order chi connectivity index (χ1) is 13.9. The van der Waals surface area contributed by atoms with Gasteiger partial charge in [-0.05, 0) is 50.7 Å². The van der Waals surface area contributed by atoms with Crippen molar-refractivity contribution in [1.29, 1.82) is 0 Å². The number of nitrogens with zero attached hydrogens (tertiary/aromatic N) is 2. The number of nitrogens with two attached hydrogens (primary N) is 1. The van der Waals surface area contributed by atoms with E-state index in [1.165, 1.54) is 27.1 Å². The number of carbonyl (C=O) groups excluding carboxylic acids is 2.